The van der Waals surface area contributed by atoms with Gasteiger partial charge in [0, 0.05) is 7.05 Å². The van der Waals surface area contributed by atoms with Gasteiger partial charge in [-0.2, -0.15) is 4.31 Å². The Labute approximate surface area is 73.6 Å². The maximum Gasteiger partial charge on any atom is 0.214 e. The quantitative estimate of drug-likeness (QED) is 0.588. The lowest BCUT2D eigenvalue weighted by Gasteiger charge is -2.19. The molecule has 0 radical (unpaired) electrons. The van der Waals surface area contributed by atoms with E-state index in [1.807, 2.05) is 0 Å². The molecular weight excluding hydrogens is 178 g/mol. The second-order valence-electron chi connectivity index (χ2n) is 2.71. The molecule has 0 heterocycles. The van der Waals surface area contributed by atoms with Gasteiger partial charge >= 0.3 is 0 Å². The highest BCUT2D eigenvalue weighted by atomic mass is 32.2. The van der Waals surface area contributed by atoms with Gasteiger partial charge in [0.2, 0.25) is 10.0 Å². The molecule has 0 spiro atoms. The molecule has 0 aliphatic rings. The van der Waals surface area contributed by atoms with Crippen LogP contribution in [-0.4, -0.2) is 37.9 Å². The van der Waals surface area contributed by atoms with Crippen LogP contribution in [0.15, 0.2) is 0 Å². The van der Waals surface area contributed by atoms with Crippen LogP contribution in [0.2, 0.25) is 0 Å². The van der Waals surface area contributed by atoms with Crippen LogP contribution in [0.3, 0.4) is 0 Å². The standard InChI is InChI=1S/C7H15NO3S/c1-4-5-12(10,11)8(3)7(2)6-9/h6-7H,4-5H2,1-3H3. The van der Waals surface area contributed by atoms with Crippen molar-refractivity contribution in [3.05, 3.63) is 0 Å². The van der Waals surface area contributed by atoms with Crippen molar-refractivity contribution < 1.29 is 13.2 Å². The van der Waals surface area contributed by atoms with E-state index >= 15 is 0 Å². The van der Waals surface area contributed by atoms with Gasteiger partial charge in [0.05, 0.1) is 11.8 Å². The van der Waals surface area contributed by atoms with Crippen molar-refractivity contribution in [3.63, 3.8) is 0 Å². The maximum atomic E-state index is 11.3. The SMILES string of the molecule is CCCS(=O)(=O)N(C)C(C)C=O. The first-order valence-electron chi connectivity index (χ1n) is 3.86. The third-order valence-electron chi connectivity index (χ3n) is 1.67. The Hall–Kier alpha value is -0.420. The van der Waals surface area contributed by atoms with Crippen LogP contribution in [0, 0.1) is 0 Å². The summed E-state index contributed by atoms with van der Waals surface area (Å²) < 4.78 is 23.7. The number of nitrogens with zero attached hydrogens (tertiary/aromatic N) is 1. The van der Waals surface area contributed by atoms with E-state index in [0.717, 1.165) is 4.31 Å². The molecule has 0 bridgehead atoms. The van der Waals surface area contributed by atoms with Crippen molar-refractivity contribution >= 4 is 16.3 Å². The lowest BCUT2D eigenvalue weighted by Crippen LogP contribution is -2.37. The predicted molar refractivity (Wildman–Crippen MR) is 47.4 cm³/mol. The molecule has 72 valence electrons. The zero-order valence-corrected chi connectivity index (χ0v) is 8.47. The number of hydrogen-bond acceptors (Lipinski definition) is 3. The summed E-state index contributed by atoms with van der Waals surface area (Å²) in [5, 5.41) is 0. The van der Waals surface area contributed by atoms with Gasteiger partial charge in [-0.1, -0.05) is 6.92 Å². The minimum atomic E-state index is -3.22. The van der Waals surface area contributed by atoms with E-state index in [1.54, 1.807) is 13.8 Å². The minimum absolute atomic E-state index is 0.0989. The molecule has 4 nitrogen and oxygen atoms in total. The van der Waals surface area contributed by atoms with E-state index in [4.69, 9.17) is 0 Å². The predicted octanol–water partition coefficient (Wildman–Crippen LogP) is 0.245. The van der Waals surface area contributed by atoms with Crippen LogP contribution in [0.5, 0.6) is 0 Å². The number of likely N-dealkylation sites (N-methyl/N-ethyl adjacent to an activating group) is 1. The lowest BCUT2D eigenvalue weighted by molar-refractivity contribution is -0.110. The van der Waals surface area contributed by atoms with Crippen molar-refractivity contribution in [2.45, 2.75) is 26.3 Å². The first-order valence-corrected chi connectivity index (χ1v) is 5.47. The van der Waals surface area contributed by atoms with Crippen molar-refractivity contribution in [3.8, 4) is 0 Å². The van der Waals surface area contributed by atoms with Crippen molar-refractivity contribution in [2.75, 3.05) is 12.8 Å². The molecule has 1 unspecified atom stereocenters. The Morgan fingerprint density at radius 3 is 2.33 bits per heavy atom. The molecule has 1 atom stereocenters. The lowest BCUT2D eigenvalue weighted by atomic mass is 10.4. The monoisotopic (exact) mass is 193 g/mol. The number of rotatable bonds is 5. The molecule has 0 aromatic carbocycles. The second-order valence-corrected chi connectivity index (χ2v) is 4.86. The van der Waals surface area contributed by atoms with E-state index in [1.165, 1.54) is 7.05 Å². The topological polar surface area (TPSA) is 54.5 Å². The highest BCUT2D eigenvalue weighted by Crippen LogP contribution is 2.03. The summed E-state index contributed by atoms with van der Waals surface area (Å²) in [5.74, 6) is 0.0989. The highest BCUT2D eigenvalue weighted by molar-refractivity contribution is 7.89. The Balaban J connectivity index is 4.45. The third-order valence-corrected chi connectivity index (χ3v) is 3.81. The summed E-state index contributed by atoms with van der Waals surface area (Å²) in [6.07, 6.45) is 1.19. The minimum Gasteiger partial charge on any atom is -0.302 e. The number of carbonyl (C=O) groups is 1. The molecule has 0 saturated heterocycles. The Morgan fingerprint density at radius 2 is 2.00 bits per heavy atom. The molecule has 0 aromatic heterocycles. The summed E-state index contributed by atoms with van der Waals surface area (Å²) in [5.41, 5.74) is 0. The average molecular weight is 193 g/mol. The largest absolute Gasteiger partial charge is 0.302 e. The zero-order valence-electron chi connectivity index (χ0n) is 7.65. The maximum absolute atomic E-state index is 11.3. The summed E-state index contributed by atoms with van der Waals surface area (Å²) in [7, 11) is -1.80. The molecule has 5 heteroatoms. The fourth-order valence-electron chi connectivity index (χ4n) is 0.741. The molecule has 0 amide bonds. The number of sulfonamides is 1. The fraction of sp³-hybridized carbons (Fsp3) is 0.857. The van der Waals surface area contributed by atoms with Crippen molar-refractivity contribution in [2.24, 2.45) is 0 Å². The van der Waals surface area contributed by atoms with Crippen LogP contribution in [0.25, 0.3) is 0 Å². The van der Waals surface area contributed by atoms with Gasteiger partial charge < -0.3 is 4.79 Å². The molecule has 0 rings (SSSR count). The van der Waals surface area contributed by atoms with E-state index < -0.39 is 16.1 Å². The number of hydrogen-bond donors (Lipinski definition) is 0. The molecule has 0 aliphatic carbocycles. The summed E-state index contributed by atoms with van der Waals surface area (Å²) in [4.78, 5) is 10.3. The number of aldehydes is 1. The number of carbonyl (C=O) groups excluding carboxylic acids is 1. The van der Waals surface area contributed by atoms with Gasteiger partial charge in [0.1, 0.15) is 6.29 Å². The molecule has 0 aliphatic heterocycles. The molecule has 12 heavy (non-hydrogen) atoms. The smallest absolute Gasteiger partial charge is 0.214 e. The normalized spacial score (nSPS) is 14.7. The first kappa shape index (κ1) is 11.6. The fourth-order valence-corrected chi connectivity index (χ4v) is 2.10. The Morgan fingerprint density at radius 1 is 1.50 bits per heavy atom. The second kappa shape index (κ2) is 4.57. The van der Waals surface area contributed by atoms with Crippen molar-refractivity contribution in [1.82, 2.24) is 4.31 Å². The highest BCUT2D eigenvalue weighted by Gasteiger charge is 2.21. The first-order chi connectivity index (χ1) is 5.45. The van der Waals surface area contributed by atoms with Gasteiger partial charge in [-0.05, 0) is 13.3 Å². The van der Waals surface area contributed by atoms with Gasteiger partial charge in [-0.25, -0.2) is 8.42 Å². The molecular formula is C7H15NO3S. The van der Waals surface area contributed by atoms with E-state index in [2.05, 4.69) is 0 Å². The van der Waals surface area contributed by atoms with Crippen LogP contribution < -0.4 is 0 Å². The van der Waals surface area contributed by atoms with E-state index in [0.29, 0.717) is 12.7 Å². The van der Waals surface area contributed by atoms with Crippen LogP contribution in [0.1, 0.15) is 20.3 Å². The summed E-state index contributed by atoms with van der Waals surface area (Å²) >= 11 is 0. The molecule has 0 aromatic rings. The van der Waals surface area contributed by atoms with Gasteiger partial charge in [-0.3, -0.25) is 0 Å². The van der Waals surface area contributed by atoms with Crippen molar-refractivity contribution in [1.29, 1.82) is 0 Å². The van der Waals surface area contributed by atoms with Gasteiger partial charge in [-0.15, -0.1) is 0 Å². The summed E-state index contributed by atoms with van der Waals surface area (Å²) in [6, 6.07) is -0.568. The third kappa shape index (κ3) is 2.91. The zero-order chi connectivity index (χ0) is 9.78. The Bertz CT molecular complexity index is 235. The molecule has 0 fully saturated rings. The van der Waals surface area contributed by atoms with Crippen LogP contribution >= 0.6 is 0 Å². The van der Waals surface area contributed by atoms with Crippen LogP contribution in [0.4, 0.5) is 0 Å². The van der Waals surface area contributed by atoms with Gasteiger partial charge in [0.25, 0.3) is 0 Å². The van der Waals surface area contributed by atoms with Gasteiger partial charge in [0.15, 0.2) is 0 Å². The average Bonchev–Trinajstić information content (AvgIpc) is 2.01. The molecule has 0 saturated carbocycles. The molecule has 0 N–H and O–H groups in total. The van der Waals surface area contributed by atoms with E-state index in [-0.39, 0.29) is 5.75 Å². The van der Waals surface area contributed by atoms with Crippen LogP contribution in [-0.2, 0) is 14.8 Å². The van der Waals surface area contributed by atoms with E-state index in [9.17, 15) is 13.2 Å². The Kier molecular flexibility index (Phi) is 4.41. The summed E-state index contributed by atoms with van der Waals surface area (Å²) in [6.45, 7) is 3.34.